The second kappa shape index (κ2) is 13.4. The first-order valence-electron chi connectivity index (χ1n) is 20.5. The van der Waals surface area contributed by atoms with Crippen LogP contribution in [0, 0.1) is 0 Å². The molecule has 3 nitrogen and oxygen atoms in total. The van der Waals surface area contributed by atoms with Gasteiger partial charge in [-0.2, -0.15) is 0 Å². The molecule has 282 valence electrons. The number of nitrogens with zero attached hydrogens (tertiary/aromatic N) is 3. The zero-order chi connectivity index (χ0) is 40.0. The molecule has 1 aliphatic rings. The molecule has 0 spiro atoms. The summed E-state index contributed by atoms with van der Waals surface area (Å²) in [6.45, 7) is 4.64. The van der Waals surface area contributed by atoms with Gasteiger partial charge in [-0.15, -0.1) is 11.3 Å². The lowest BCUT2D eigenvalue weighted by atomic mass is 9.82. The molecule has 0 amide bonds. The van der Waals surface area contributed by atoms with Crippen LogP contribution in [0.4, 0.5) is 0 Å². The molecule has 0 saturated heterocycles. The minimum atomic E-state index is -0.0529. The van der Waals surface area contributed by atoms with Crippen LogP contribution in [-0.2, 0) is 5.41 Å². The molecule has 12 rings (SSSR count). The van der Waals surface area contributed by atoms with Crippen molar-refractivity contribution in [3.05, 3.63) is 199 Å². The van der Waals surface area contributed by atoms with Crippen LogP contribution in [-0.4, -0.2) is 15.0 Å². The number of benzene rings is 8. The average Bonchev–Trinajstić information content (AvgIpc) is 3.80. The molecule has 1 aliphatic carbocycles. The zero-order valence-electron chi connectivity index (χ0n) is 33.1. The predicted molar refractivity (Wildman–Crippen MR) is 252 cm³/mol. The maximum Gasteiger partial charge on any atom is 0.160 e. The minimum absolute atomic E-state index is 0.0529. The fourth-order valence-corrected chi connectivity index (χ4v) is 10.6. The van der Waals surface area contributed by atoms with E-state index >= 15 is 0 Å². The highest BCUT2D eigenvalue weighted by molar-refractivity contribution is 7.26. The van der Waals surface area contributed by atoms with Crippen LogP contribution in [0.2, 0.25) is 0 Å². The van der Waals surface area contributed by atoms with Crippen molar-refractivity contribution in [2.24, 2.45) is 0 Å². The van der Waals surface area contributed by atoms with Gasteiger partial charge in [0.2, 0.25) is 0 Å². The van der Waals surface area contributed by atoms with Crippen molar-refractivity contribution in [1.82, 2.24) is 15.0 Å². The Bertz CT molecular complexity index is 3490. The van der Waals surface area contributed by atoms with Crippen molar-refractivity contribution in [1.29, 1.82) is 0 Å². The number of hydrogen-bond donors (Lipinski definition) is 0. The Morgan fingerprint density at radius 1 is 0.383 bits per heavy atom. The van der Waals surface area contributed by atoms with Gasteiger partial charge in [0, 0.05) is 64.0 Å². The quantitative estimate of drug-likeness (QED) is 0.163. The summed E-state index contributed by atoms with van der Waals surface area (Å²) >= 11 is 1.86. The Morgan fingerprint density at radius 3 is 1.83 bits per heavy atom. The third-order valence-electron chi connectivity index (χ3n) is 12.5. The summed E-state index contributed by atoms with van der Waals surface area (Å²) in [6, 6.07) is 67.5. The number of hydrogen-bond acceptors (Lipinski definition) is 4. The Kier molecular flexibility index (Phi) is 7.75. The van der Waals surface area contributed by atoms with Crippen LogP contribution in [0.1, 0.15) is 25.0 Å². The largest absolute Gasteiger partial charge is 0.247 e. The van der Waals surface area contributed by atoms with Gasteiger partial charge < -0.3 is 0 Å². The van der Waals surface area contributed by atoms with Crippen LogP contribution in [0.3, 0.4) is 0 Å². The topological polar surface area (TPSA) is 38.7 Å². The van der Waals surface area contributed by atoms with Crippen molar-refractivity contribution >= 4 is 53.2 Å². The third kappa shape index (κ3) is 5.45. The Labute approximate surface area is 352 Å². The Hall–Kier alpha value is -7.27. The Morgan fingerprint density at radius 2 is 1.02 bits per heavy atom. The molecule has 8 aromatic carbocycles. The molecular formula is C56H37N3S. The zero-order valence-corrected chi connectivity index (χ0v) is 34.0. The van der Waals surface area contributed by atoms with E-state index < -0.39 is 0 Å². The molecule has 60 heavy (non-hydrogen) atoms. The highest BCUT2D eigenvalue weighted by atomic mass is 32.1. The summed E-state index contributed by atoms with van der Waals surface area (Å²) in [7, 11) is 0. The van der Waals surface area contributed by atoms with Gasteiger partial charge in [0.15, 0.2) is 5.82 Å². The van der Waals surface area contributed by atoms with Crippen LogP contribution in [0.25, 0.3) is 109 Å². The van der Waals surface area contributed by atoms with E-state index in [0.717, 1.165) is 56.0 Å². The van der Waals surface area contributed by atoms with Crippen molar-refractivity contribution in [3.63, 3.8) is 0 Å². The number of rotatable bonds is 5. The Balaban J connectivity index is 0.977. The van der Waals surface area contributed by atoms with Crippen LogP contribution in [0.5, 0.6) is 0 Å². The van der Waals surface area contributed by atoms with Gasteiger partial charge in [-0.25, -0.2) is 15.0 Å². The first-order valence-corrected chi connectivity index (χ1v) is 21.3. The van der Waals surface area contributed by atoms with E-state index in [4.69, 9.17) is 15.0 Å². The number of pyridine rings is 1. The van der Waals surface area contributed by atoms with E-state index in [2.05, 4.69) is 184 Å². The summed E-state index contributed by atoms with van der Waals surface area (Å²) in [5.41, 5.74) is 15.5. The fourth-order valence-electron chi connectivity index (χ4n) is 9.48. The molecule has 11 aromatic rings. The van der Waals surface area contributed by atoms with Gasteiger partial charge in [0.25, 0.3) is 0 Å². The molecule has 3 heterocycles. The maximum atomic E-state index is 5.40. The average molecular weight is 784 g/mol. The lowest BCUT2D eigenvalue weighted by Crippen LogP contribution is -2.14. The predicted octanol–water partition coefficient (Wildman–Crippen LogP) is 15.2. The molecule has 0 radical (unpaired) electrons. The molecule has 0 fully saturated rings. The molecule has 0 saturated carbocycles. The normalized spacial score (nSPS) is 13.0. The standard InChI is InChI=1S/C56H37N3S/c1-56(2)45-19-11-9-17-40(45)44-31-39(26-29-46(44)56)48-33-47(58-55(59-48)37-15-7-4-8-16-37)35-23-21-34(22-24-35)38-25-27-41-49(32-38)57-54(36-13-5-3-6-14-36)43-28-30-51-53(52(41)43)42-18-10-12-20-50(42)60-51/h3-33H,1-2H3. The first kappa shape index (κ1) is 34.7. The number of aromatic nitrogens is 3. The van der Waals surface area contributed by atoms with E-state index in [1.165, 1.54) is 58.6 Å². The highest BCUT2D eigenvalue weighted by Gasteiger charge is 2.35. The molecule has 0 aliphatic heterocycles. The van der Waals surface area contributed by atoms with Crippen molar-refractivity contribution < 1.29 is 0 Å². The monoisotopic (exact) mass is 783 g/mol. The second-order valence-electron chi connectivity index (χ2n) is 16.4. The van der Waals surface area contributed by atoms with E-state index in [1.54, 1.807) is 0 Å². The van der Waals surface area contributed by atoms with Crippen LogP contribution in [0.15, 0.2) is 188 Å². The smallest absolute Gasteiger partial charge is 0.160 e. The summed E-state index contributed by atoms with van der Waals surface area (Å²) in [5, 5.41) is 6.21. The fraction of sp³-hybridized carbons (Fsp3) is 0.0536. The van der Waals surface area contributed by atoms with E-state index in [-0.39, 0.29) is 5.41 Å². The van der Waals surface area contributed by atoms with E-state index in [0.29, 0.717) is 5.82 Å². The summed E-state index contributed by atoms with van der Waals surface area (Å²) in [5.74, 6) is 0.711. The number of thiophene rings is 1. The van der Waals surface area contributed by atoms with Gasteiger partial charge in [-0.05, 0) is 63.7 Å². The molecule has 3 aromatic heterocycles. The number of fused-ring (bicyclic) bond motifs is 10. The van der Waals surface area contributed by atoms with Gasteiger partial charge in [-0.1, -0.05) is 172 Å². The minimum Gasteiger partial charge on any atom is -0.247 e. The molecule has 0 unspecified atom stereocenters. The second-order valence-corrected chi connectivity index (χ2v) is 17.4. The summed E-state index contributed by atoms with van der Waals surface area (Å²) in [4.78, 5) is 15.7. The lowest BCUT2D eigenvalue weighted by Gasteiger charge is -2.21. The van der Waals surface area contributed by atoms with Gasteiger partial charge >= 0.3 is 0 Å². The van der Waals surface area contributed by atoms with E-state index in [9.17, 15) is 0 Å². The van der Waals surface area contributed by atoms with E-state index in [1.807, 2.05) is 29.5 Å². The van der Waals surface area contributed by atoms with Gasteiger partial charge in [0.1, 0.15) is 0 Å². The molecule has 0 N–H and O–H groups in total. The summed E-state index contributed by atoms with van der Waals surface area (Å²) in [6.07, 6.45) is 0. The molecule has 4 heteroatoms. The van der Waals surface area contributed by atoms with Crippen molar-refractivity contribution in [3.8, 4) is 67.4 Å². The molecule has 0 bridgehead atoms. The highest BCUT2D eigenvalue weighted by Crippen LogP contribution is 2.50. The summed E-state index contributed by atoms with van der Waals surface area (Å²) < 4.78 is 2.60. The maximum absolute atomic E-state index is 5.40. The van der Waals surface area contributed by atoms with Crippen LogP contribution >= 0.6 is 11.3 Å². The third-order valence-corrected chi connectivity index (χ3v) is 13.6. The SMILES string of the molecule is CC1(C)c2ccccc2-c2cc(-c3cc(-c4ccc(-c5ccc6c(c5)nc(-c5ccccc5)c5ccc7sc8ccccc8c7c56)cc4)nc(-c4ccccc4)n3)ccc21. The lowest BCUT2D eigenvalue weighted by molar-refractivity contribution is 0.660. The van der Waals surface area contributed by atoms with Gasteiger partial charge in [-0.3, -0.25) is 0 Å². The molecule has 0 atom stereocenters. The van der Waals surface area contributed by atoms with Crippen LogP contribution < -0.4 is 0 Å². The van der Waals surface area contributed by atoms with Gasteiger partial charge in [0.05, 0.1) is 22.6 Å². The van der Waals surface area contributed by atoms with Crippen molar-refractivity contribution in [2.45, 2.75) is 19.3 Å². The van der Waals surface area contributed by atoms with Crippen molar-refractivity contribution in [2.75, 3.05) is 0 Å². The molecular weight excluding hydrogens is 747 g/mol. The first-order chi connectivity index (χ1) is 29.5.